The van der Waals surface area contributed by atoms with Crippen LogP contribution in [-0.2, 0) is 0 Å². The molecule has 1 aliphatic rings. The summed E-state index contributed by atoms with van der Waals surface area (Å²) in [6.45, 7) is 5.59. The van der Waals surface area contributed by atoms with Gasteiger partial charge in [-0.1, -0.05) is 13.8 Å². The van der Waals surface area contributed by atoms with Crippen molar-refractivity contribution in [1.82, 2.24) is 0 Å². The van der Waals surface area contributed by atoms with Crippen molar-refractivity contribution in [1.29, 1.82) is 0 Å². The Morgan fingerprint density at radius 3 is 2.09 bits per heavy atom. The van der Waals surface area contributed by atoms with Crippen LogP contribution >= 0.6 is 0 Å². The van der Waals surface area contributed by atoms with Gasteiger partial charge in [-0.15, -0.1) is 0 Å². The smallest absolute Gasteiger partial charge is 0.00489 e. The van der Waals surface area contributed by atoms with E-state index in [0.29, 0.717) is 0 Å². The maximum Gasteiger partial charge on any atom is -0.00489 e. The van der Waals surface area contributed by atoms with E-state index >= 15 is 0 Å². The molecule has 0 saturated heterocycles. The highest BCUT2D eigenvalue weighted by atomic mass is 14.5. The van der Waals surface area contributed by atoms with Gasteiger partial charge in [-0.3, -0.25) is 0 Å². The summed E-state index contributed by atoms with van der Waals surface area (Å²) in [5, 5.41) is 0. The Morgan fingerprint density at radius 2 is 1.73 bits per heavy atom. The lowest BCUT2D eigenvalue weighted by atomic mass is 9.77. The molecule has 1 aliphatic carbocycles. The van der Waals surface area contributed by atoms with E-state index in [1.807, 2.05) is 0 Å². The highest BCUT2D eigenvalue weighted by molar-refractivity contribution is 4.74. The van der Waals surface area contributed by atoms with Crippen molar-refractivity contribution in [2.75, 3.05) is 6.54 Å². The summed E-state index contributed by atoms with van der Waals surface area (Å²) in [5.41, 5.74) is 5.62. The first-order valence-corrected chi connectivity index (χ1v) is 4.94. The van der Waals surface area contributed by atoms with Crippen LogP contribution in [0.2, 0.25) is 0 Å². The van der Waals surface area contributed by atoms with Gasteiger partial charge in [0.15, 0.2) is 0 Å². The van der Waals surface area contributed by atoms with Gasteiger partial charge in [-0.05, 0) is 50.0 Å². The van der Waals surface area contributed by atoms with Gasteiger partial charge in [0.05, 0.1) is 0 Å². The van der Waals surface area contributed by atoms with Crippen molar-refractivity contribution < 1.29 is 0 Å². The molecule has 0 spiro atoms. The van der Waals surface area contributed by atoms with Crippen LogP contribution in [0.1, 0.15) is 39.5 Å². The largest absolute Gasteiger partial charge is 0.330 e. The van der Waals surface area contributed by atoms with E-state index in [1.54, 1.807) is 0 Å². The predicted molar refractivity (Wildman–Crippen MR) is 49.3 cm³/mol. The molecule has 1 heteroatoms. The first-order valence-electron chi connectivity index (χ1n) is 4.94. The fraction of sp³-hybridized carbons (Fsp3) is 1.00. The lowest BCUT2D eigenvalue weighted by Crippen LogP contribution is -2.23. The molecule has 11 heavy (non-hydrogen) atoms. The zero-order valence-electron chi connectivity index (χ0n) is 7.84. The van der Waals surface area contributed by atoms with Gasteiger partial charge in [-0.25, -0.2) is 0 Å². The van der Waals surface area contributed by atoms with Crippen LogP contribution in [0.4, 0.5) is 0 Å². The van der Waals surface area contributed by atoms with E-state index < -0.39 is 0 Å². The molecule has 0 bridgehead atoms. The first-order chi connectivity index (χ1) is 5.24. The molecule has 1 saturated carbocycles. The Morgan fingerprint density at radius 1 is 1.18 bits per heavy atom. The van der Waals surface area contributed by atoms with Crippen LogP contribution in [0.25, 0.3) is 0 Å². The summed E-state index contributed by atoms with van der Waals surface area (Å²) in [6.07, 6.45) is 5.58. The molecular formula is C10H21N. The molecule has 1 fully saturated rings. The predicted octanol–water partition coefficient (Wildman–Crippen LogP) is 2.41. The van der Waals surface area contributed by atoms with E-state index in [-0.39, 0.29) is 0 Å². The molecule has 1 rings (SSSR count). The molecule has 0 radical (unpaired) electrons. The Bertz CT molecular complexity index is 101. The molecule has 0 aromatic rings. The van der Waals surface area contributed by atoms with Gasteiger partial charge >= 0.3 is 0 Å². The second kappa shape index (κ2) is 4.10. The van der Waals surface area contributed by atoms with Gasteiger partial charge in [-0.2, -0.15) is 0 Å². The first kappa shape index (κ1) is 9.05. The Hall–Kier alpha value is -0.0400. The third-order valence-corrected chi connectivity index (χ3v) is 3.17. The molecule has 2 N–H and O–H groups in total. The van der Waals surface area contributed by atoms with Crippen LogP contribution < -0.4 is 5.73 Å². The van der Waals surface area contributed by atoms with Crippen molar-refractivity contribution in [2.24, 2.45) is 23.5 Å². The molecule has 1 nitrogen and oxygen atoms in total. The lowest BCUT2D eigenvalue weighted by molar-refractivity contribution is 0.228. The number of hydrogen-bond donors (Lipinski definition) is 1. The van der Waals surface area contributed by atoms with Crippen LogP contribution in [0.15, 0.2) is 0 Å². The molecule has 66 valence electrons. The summed E-state index contributed by atoms with van der Waals surface area (Å²) in [6, 6.07) is 0. The summed E-state index contributed by atoms with van der Waals surface area (Å²) in [7, 11) is 0. The van der Waals surface area contributed by atoms with E-state index in [9.17, 15) is 0 Å². The molecule has 0 aromatic heterocycles. The maximum atomic E-state index is 5.62. The topological polar surface area (TPSA) is 26.0 Å². The van der Waals surface area contributed by atoms with Crippen LogP contribution in [0.5, 0.6) is 0 Å². The lowest BCUT2D eigenvalue weighted by Gasteiger charge is -2.29. The second-order valence-electron chi connectivity index (χ2n) is 4.26. The Balaban J connectivity index is 2.24. The third kappa shape index (κ3) is 2.48. The van der Waals surface area contributed by atoms with E-state index in [4.69, 9.17) is 5.73 Å². The summed E-state index contributed by atoms with van der Waals surface area (Å²) < 4.78 is 0. The fourth-order valence-corrected chi connectivity index (χ4v) is 2.09. The molecular weight excluding hydrogens is 134 g/mol. The van der Waals surface area contributed by atoms with E-state index in [0.717, 1.165) is 24.3 Å². The minimum absolute atomic E-state index is 0.838. The van der Waals surface area contributed by atoms with Crippen LogP contribution in [0, 0.1) is 17.8 Å². The van der Waals surface area contributed by atoms with Gasteiger partial charge in [0.2, 0.25) is 0 Å². The Labute approximate surface area is 70.4 Å². The number of nitrogens with two attached hydrogens (primary N) is 1. The normalized spacial score (nSPS) is 32.7. The average Bonchev–Trinajstić information content (AvgIpc) is 2.05. The second-order valence-corrected chi connectivity index (χ2v) is 4.26. The number of rotatable bonds is 2. The molecule has 0 aromatic carbocycles. The van der Waals surface area contributed by atoms with Crippen molar-refractivity contribution in [3.63, 3.8) is 0 Å². The minimum atomic E-state index is 0.838. The highest BCUT2D eigenvalue weighted by Crippen LogP contribution is 2.32. The van der Waals surface area contributed by atoms with Gasteiger partial charge in [0.1, 0.15) is 0 Å². The summed E-state index contributed by atoms with van der Waals surface area (Å²) in [4.78, 5) is 0. The molecule has 0 amide bonds. The van der Waals surface area contributed by atoms with Crippen molar-refractivity contribution in [3.8, 4) is 0 Å². The average molecular weight is 155 g/mol. The van der Waals surface area contributed by atoms with Gasteiger partial charge in [0.25, 0.3) is 0 Å². The third-order valence-electron chi connectivity index (χ3n) is 3.17. The Kier molecular flexibility index (Phi) is 3.38. The molecule has 0 unspecified atom stereocenters. The minimum Gasteiger partial charge on any atom is -0.330 e. The highest BCUT2D eigenvalue weighted by Gasteiger charge is 2.21. The monoisotopic (exact) mass is 155 g/mol. The van der Waals surface area contributed by atoms with Crippen LogP contribution in [0.3, 0.4) is 0 Å². The fourth-order valence-electron chi connectivity index (χ4n) is 2.09. The standard InChI is InChI=1S/C10H21N/c1-8(2)10-5-3-9(7-11)4-6-10/h8-10H,3-7,11H2,1-2H3/t9-,10+. The zero-order valence-corrected chi connectivity index (χ0v) is 7.84. The summed E-state index contributed by atoms with van der Waals surface area (Å²) in [5.74, 6) is 2.71. The molecule has 0 atom stereocenters. The van der Waals surface area contributed by atoms with Crippen molar-refractivity contribution >= 4 is 0 Å². The van der Waals surface area contributed by atoms with E-state index in [1.165, 1.54) is 25.7 Å². The molecule has 0 aliphatic heterocycles. The van der Waals surface area contributed by atoms with Crippen molar-refractivity contribution in [3.05, 3.63) is 0 Å². The SMILES string of the molecule is CC(C)[C@H]1CC[C@@H](CN)CC1. The van der Waals surface area contributed by atoms with Crippen molar-refractivity contribution in [2.45, 2.75) is 39.5 Å². The zero-order chi connectivity index (χ0) is 8.27. The van der Waals surface area contributed by atoms with Crippen LogP contribution in [-0.4, -0.2) is 6.54 Å². The van der Waals surface area contributed by atoms with Gasteiger partial charge in [0, 0.05) is 0 Å². The summed E-state index contributed by atoms with van der Waals surface area (Å²) >= 11 is 0. The van der Waals surface area contributed by atoms with E-state index in [2.05, 4.69) is 13.8 Å². The number of hydrogen-bond acceptors (Lipinski definition) is 1. The molecule has 0 heterocycles. The quantitative estimate of drug-likeness (QED) is 0.651. The van der Waals surface area contributed by atoms with Gasteiger partial charge < -0.3 is 5.73 Å². The maximum absolute atomic E-state index is 5.62.